The Morgan fingerprint density at radius 3 is 2.95 bits per heavy atom. The van der Waals surface area contributed by atoms with E-state index in [0.717, 1.165) is 38.2 Å². The van der Waals surface area contributed by atoms with Crippen molar-refractivity contribution in [2.75, 3.05) is 19.7 Å². The Labute approximate surface area is 113 Å². The number of carbonyl (C=O) groups is 1. The maximum absolute atomic E-state index is 11.6. The van der Waals surface area contributed by atoms with Gasteiger partial charge in [-0.25, -0.2) is 0 Å². The summed E-state index contributed by atoms with van der Waals surface area (Å²) in [5.74, 6) is 1.55. The van der Waals surface area contributed by atoms with Gasteiger partial charge in [-0.2, -0.15) is 0 Å². The third-order valence-corrected chi connectivity index (χ3v) is 3.70. The van der Waals surface area contributed by atoms with Crippen LogP contribution >= 0.6 is 0 Å². The summed E-state index contributed by atoms with van der Waals surface area (Å²) in [6, 6.07) is 8.61. The van der Waals surface area contributed by atoms with Crippen molar-refractivity contribution in [3.05, 3.63) is 29.8 Å². The molecule has 2 aliphatic rings. The molecule has 0 spiro atoms. The highest BCUT2D eigenvalue weighted by atomic mass is 16.5. The van der Waals surface area contributed by atoms with E-state index in [1.165, 1.54) is 5.56 Å². The van der Waals surface area contributed by atoms with Crippen molar-refractivity contribution in [3.8, 4) is 5.75 Å². The SMILES string of the molecule is O=C(CNCC1CCOc2ccccc21)NC1CC1. The second-order valence-corrected chi connectivity index (χ2v) is 5.34. The van der Waals surface area contributed by atoms with Crippen LogP contribution in [0.1, 0.15) is 30.7 Å². The first-order valence-corrected chi connectivity index (χ1v) is 7.05. The van der Waals surface area contributed by atoms with Gasteiger partial charge in [0, 0.05) is 18.5 Å². The molecule has 1 aromatic carbocycles. The van der Waals surface area contributed by atoms with Crippen molar-refractivity contribution in [2.45, 2.75) is 31.2 Å². The van der Waals surface area contributed by atoms with Gasteiger partial charge in [-0.15, -0.1) is 0 Å². The van der Waals surface area contributed by atoms with Gasteiger partial charge in [-0.05, 0) is 30.9 Å². The van der Waals surface area contributed by atoms with Gasteiger partial charge in [-0.3, -0.25) is 4.79 Å². The average molecular weight is 260 g/mol. The van der Waals surface area contributed by atoms with Crippen molar-refractivity contribution in [2.24, 2.45) is 0 Å². The van der Waals surface area contributed by atoms with Gasteiger partial charge in [0.1, 0.15) is 5.75 Å². The molecule has 1 unspecified atom stereocenters. The van der Waals surface area contributed by atoms with Gasteiger partial charge in [0.25, 0.3) is 0 Å². The van der Waals surface area contributed by atoms with Crippen molar-refractivity contribution in [1.29, 1.82) is 0 Å². The standard InChI is InChI=1S/C15H20N2O2/c18-15(17-12-5-6-12)10-16-9-11-7-8-19-14-4-2-1-3-13(11)14/h1-4,11-12,16H,5-10H2,(H,17,18). The lowest BCUT2D eigenvalue weighted by Gasteiger charge is -2.26. The number of nitrogens with one attached hydrogen (secondary N) is 2. The summed E-state index contributed by atoms with van der Waals surface area (Å²) in [5, 5.41) is 6.25. The summed E-state index contributed by atoms with van der Waals surface area (Å²) >= 11 is 0. The molecule has 4 heteroatoms. The molecule has 1 amide bonds. The number of rotatable bonds is 5. The summed E-state index contributed by atoms with van der Waals surface area (Å²) in [4.78, 5) is 11.6. The second kappa shape index (κ2) is 5.61. The van der Waals surface area contributed by atoms with Crippen LogP contribution in [0.15, 0.2) is 24.3 Å². The molecule has 1 saturated carbocycles. The van der Waals surface area contributed by atoms with Crippen molar-refractivity contribution in [1.82, 2.24) is 10.6 Å². The van der Waals surface area contributed by atoms with E-state index in [1.54, 1.807) is 0 Å². The zero-order valence-corrected chi connectivity index (χ0v) is 11.0. The van der Waals surface area contributed by atoms with E-state index in [2.05, 4.69) is 16.7 Å². The average Bonchev–Trinajstić information content (AvgIpc) is 3.23. The summed E-state index contributed by atoms with van der Waals surface area (Å²) in [6.45, 7) is 2.01. The highest BCUT2D eigenvalue weighted by Crippen LogP contribution is 2.32. The Kier molecular flexibility index (Phi) is 3.69. The minimum absolute atomic E-state index is 0.114. The Bertz CT molecular complexity index is 457. The van der Waals surface area contributed by atoms with Crippen molar-refractivity contribution in [3.63, 3.8) is 0 Å². The number of ether oxygens (including phenoxy) is 1. The zero-order chi connectivity index (χ0) is 13.1. The van der Waals surface area contributed by atoms with E-state index in [0.29, 0.717) is 18.5 Å². The van der Waals surface area contributed by atoms with E-state index < -0.39 is 0 Å². The summed E-state index contributed by atoms with van der Waals surface area (Å²) < 4.78 is 5.63. The number of carbonyl (C=O) groups excluding carboxylic acids is 1. The van der Waals surface area contributed by atoms with Gasteiger partial charge in [0.15, 0.2) is 0 Å². The van der Waals surface area contributed by atoms with Crippen LogP contribution in [-0.4, -0.2) is 31.6 Å². The fourth-order valence-corrected chi connectivity index (χ4v) is 2.49. The van der Waals surface area contributed by atoms with Gasteiger partial charge < -0.3 is 15.4 Å². The van der Waals surface area contributed by atoms with Crippen LogP contribution in [0.4, 0.5) is 0 Å². The molecule has 1 heterocycles. The van der Waals surface area contributed by atoms with E-state index in [4.69, 9.17) is 4.74 Å². The van der Waals surface area contributed by atoms with E-state index in [-0.39, 0.29) is 5.91 Å². The summed E-state index contributed by atoms with van der Waals surface area (Å²) in [7, 11) is 0. The Hall–Kier alpha value is -1.55. The topological polar surface area (TPSA) is 50.4 Å². The fraction of sp³-hybridized carbons (Fsp3) is 0.533. The monoisotopic (exact) mass is 260 g/mol. The molecule has 1 aliphatic carbocycles. The highest BCUT2D eigenvalue weighted by molar-refractivity contribution is 5.78. The summed E-state index contributed by atoms with van der Waals surface area (Å²) in [5.41, 5.74) is 1.25. The van der Waals surface area contributed by atoms with Gasteiger partial charge in [0.05, 0.1) is 13.2 Å². The molecular weight excluding hydrogens is 240 g/mol. The fourth-order valence-electron chi connectivity index (χ4n) is 2.49. The van der Waals surface area contributed by atoms with E-state index in [1.807, 2.05) is 18.2 Å². The molecule has 4 nitrogen and oxygen atoms in total. The Balaban J connectivity index is 1.49. The van der Waals surface area contributed by atoms with Crippen molar-refractivity contribution < 1.29 is 9.53 Å². The molecule has 0 bridgehead atoms. The largest absolute Gasteiger partial charge is 0.493 e. The minimum atomic E-state index is 0.114. The molecule has 0 saturated heterocycles. The van der Waals surface area contributed by atoms with E-state index in [9.17, 15) is 4.79 Å². The van der Waals surface area contributed by atoms with Crippen LogP contribution in [0.25, 0.3) is 0 Å². The zero-order valence-electron chi connectivity index (χ0n) is 11.0. The first-order chi connectivity index (χ1) is 9.33. The maximum Gasteiger partial charge on any atom is 0.234 e. The quantitative estimate of drug-likeness (QED) is 0.842. The van der Waals surface area contributed by atoms with Gasteiger partial charge >= 0.3 is 0 Å². The third kappa shape index (κ3) is 3.26. The van der Waals surface area contributed by atoms with Crippen LogP contribution in [-0.2, 0) is 4.79 Å². The van der Waals surface area contributed by atoms with Crippen LogP contribution in [0.2, 0.25) is 0 Å². The predicted octanol–water partition coefficient (Wildman–Crippen LogP) is 1.42. The summed E-state index contributed by atoms with van der Waals surface area (Å²) in [6.07, 6.45) is 3.28. The number of hydrogen-bond acceptors (Lipinski definition) is 3. The smallest absolute Gasteiger partial charge is 0.234 e. The first kappa shape index (κ1) is 12.5. The lowest BCUT2D eigenvalue weighted by atomic mass is 9.93. The van der Waals surface area contributed by atoms with Crippen LogP contribution in [0.5, 0.6) is 5.75 Å². The first-order valence-electron chi connectivity index (χ1n) is 7.05. The highest BCUT2D eigenvalue weighted by Gasteiger charge is 2.24. The Morgan fingerprint density at radius 1 is 1.26 bits per heavy atom. The van der Waals surface area contributed by atoms with Gasteiger partial charge in [0.2, 0.25) is 5.91 Å². The molecule has 1 fully saturated rings. The van der Waals surface area contributed by atoms with E-state index >= 15 is 0 Å². The molecule has 0 radical (unpaired) electrons. The maximum atomic E-state index is 11.6. The van der Waals surface area contributed by atoms with Crippen LogP contribution in [0, 0.1) is 0 Å². The second-order valence-electron chi connectivity index (χ2n) is 5.34. The predicted molar refractivity (Wildman–Crippen MR) is 73.3 cm³/mol. The molecular formula is C15H20N2O2. The molecule has 2 N–H and O–H groups in total. The molecule has 1 atom stereocenters. The van der Waals surface area contributed by atoms with Crippen molar-refractivity contribution >= 4 is 5.91 Å². The minimum Gasteiger partial charge on any atom is -0.493 e. The molecule has 1 aliphatic heterocycles. The number of amides is 1. The lowest BCUT2D eigenvalue weighted by molar-refractivity contribution is -0.120. The van der Waals surface area contributed by atoms with Crippen LogP contribution in [0.3, 0.4) is 0 Å². The number of hydrogen-bond donors (Lipinski definition) is 2. The van der Waals surface area contributed by atoms with Gasteiger partial charge in [-0.1, -0.05) is 18.2 Å². The number of fused-ring (bicyclic) bond motifs is 1. The Morgan fingerprint density at radius 2 is 2.11 bits per heavy atom. The molecule has 102 valence electrons. The van der Waals surface area contributed by atoms with Crippen LogP contribution < -0.4 is 15.4 Å². The molecule has 1 aromatic rings. The third-order valence-electron chi connectivity index (χ3n) is 3.70. The lowest BCUT2D eigenvalue weighted by Crippen LogP contribution is -2.37. The molecule has 19 heavy (non-hydrogen) atoms. The normalized spacial score (nSPS) is 21.4. The number of para-hydroxylation sites is 1. The molecule has 0 aromatic heterocycles. The number of benzene rings is 1. The molecule has 3 rings (SSSR count).